The Labute approximate surface area is 160 Å². The summed E-state index contributed by atoms with van der Waals surface area (Å²) in [7, 11) is 0. The molecule has 7 nitrogen and oxygen atoms in total. The largest absolute Gasteiger partial charge is 0.457 e. The van der Waals surface area contributed by atoms with E-state index in [0.717, 1.165) is 0 Å². The van der Waals surface area contributed by atoms with Gasteiger partial charge in [-0.05, 0) is 35.9 Å². The van der Waals surface area contributed by atoms with E-state index in [1.165, 1.54) is 24.3 Å². The summed E-state index contributed by atoms with van der Waals surface area (Å²) in [6.07, 6.45) is 0. The number of nitro benzene ring substituents is 1. The molecule has 0 saturated carbocycles. The van der Waals surface area contributed by atoms with Gasteiger partial charge in [0.1, 0.15) is 6.61 Å². The van der Waals surface area contributed by atoms with Crippen LogP contribution in [0.1, 0.15) is 26.3 Å². The molecule has 0 spiro atoms. The Hall–Kier alpha value is -4.00. The number of nitrogens with zero attached hydrogens (tertiary/aromatic N) is 1. The van der Waals surface area contributed by atoms with E-state index in [0.29, 0.717) is 16.8 Å². The quantitative estimate of drug-likeness (QED) is 0.395. The molecule has 0 aliphatic carbocycles. The maximum absolute atomic E-state index is 12.2. The number of non-ortho nitro benzene ring substituents is 1. The second-order valence-corrected chi connectivity index (χ2v) is 5.90. The van der Waals surface area contributed by atoms with E-state index in [1.54, 1.807) is 36.4 Å². The van der Waals surface area contributed by atoms with Crippen molar-refractivity contribution in [2.45, 2.75) is 6.61 Å². The van der Waals surface area contributed by atoms with Gasteiger partial charge < -0.3 is 10.1 Å². The normalized spacial score (nSPS) is 10.1. The monoisotopic (exact) mass is 376 g/mol. The van der Waals surface area contributed by atoms with Gasteiger partial charge in [0.2, 0.25) is 0 Å². The number of hydrogen-bond acceptors (Lipinski definition) is 5. The van der Waals surface area contributed by atoms with Crippen LogP contribution in [0.2, 0.25) is 0 Å². The molecule has 3 aromatic carbocycles. The van der Waals surface area contributed by atoms with E-state index in [-0.39, 0.29) is 23.8 Å². The number of amides is 1. The first kappa shape index (κ1) is 18.8. The highest BCUT2D eigenvalue weighted by Gasteiger charge is 2.13. The number of hydrogen-bond donors (Lipinski definition) is 1. The van der Waals surface area contributed by atoms with Crippen LogP contribution in [-0.4, -0.2) is 16.8 Å². The standard InChI is InChI=1S/C21H16N2O5/c24-20(22-18-6-2-1-3-7-18)16-11-9-15(10-12-16)14-28-21(25)17-5-4-8-19(13-17)23(26)27/h1-13H,14H2,(H,22,24). The lowest BCUT2D eigenvalue weighted by Crippen LogP contribution is -2.12. The lowest BCUT2D eigenvalue weighted by atomic mass is 10.1. The highest BCUT2D eigenvalue weighted by Crippen LogP contribution is 2.15. The molecule has 0 heterocycles. The molecule has 0 atom stereocenters. The predicted molar refractivity (Wildman–Crippen MR) is 103 cm³/mol. The molecule has 1 amide bonds. The number of para-hydroxylation sites is 1. The van der Waals surface area contributed by atoms with Crippen molar-refractivity contribution < 1.29 is 19.2 Å². The molecule has 28 heavy (non-hydrogen) atoms. The fraction of sp³-hybridized carbons (Fsp3) is 0.0476. The molecule has 1 N–H and O–H groups in total. The van der Waals surface area contributed by atoms with Gasteiger partial charge in [-0.1, -0.05) is 36.4 Å². The average molecular weight is 376 g/mol. The highest BCUT2D eigenvalue weighted by atomic mass is 16.6. The third-order valence-corrected chi connectivity index (χ3v) is 3.91. The predicted octanol–water partition coefficient (Wildman–Crippen LogP) is 4.20. The van der Waals surface area contributed by atoms with Crippen LogP contribution in [-0.2, 0) is 11.3 Å². The van der Waals surface area contributed by atoms with E-state index in [9.17, 15) is 19.7 Å². The van der Waals surface area contributed by atoms with Gasteiger partial charge in [-0.3, -0.25) is 14.9 Å². The maximum atomic E-state index is 12.2. The Morgan fingerprint density at radius 1 is 0.893 bits per heavy atom. The first-order valence-corrected chi connectivity index (χ1v) is 8.40. The van der Waals surface area contributed by atoms with Crippen LogP contribution >= 0.6 is 0 Å². The molecule has 140 valence electrons. The third kappa shape index (κ3) is 4.79. The van der Waals surface area contributed by atoms with Crippen molar-refractivity contribution in [1.29, 1.82) is 0 Å². The van der Waals surface area contributed by atoms with Crippen molar-refractivity contribution in [3.8, 4) is 0 Å². The molecule has 0 aromatic heterocycles. The molecule has 0 fully saturated rings. The van der Waals surface area contributed by atoms with Gasteiger partial charge in [0, 0.05) is 23.4 Å². The van der Waals surface area contributed by atoms with Crippen molar-refractivity contribution in [3.05, 3.63) is 106 Å². The zero-order chi connectivity index (χ0) is 19.9. The number of nitro groups is 1. The molecule has 3 aromatic rings. The molecule has 0 aliphatic heterocycles. The average Bonchev–Trinajstić information content (AvgIpc) is 2.73. The molecular weight excluding hydrogens is 360 g/mol. The molecular formula is C21H16N2O5. The summed E-state index contributed by atoms with van der Waals surface area (Å²) in [4.78, 5) is 34.5. The van der Waals surface area contributed by atoms with Crippen LogP contribution in [0.5, 0.6) is 0 Å². The van der Waals surface area contributed by atoms with Crippen LogP contribution in [0.25, 0.3) is 0 Å². The van der Waals surface area contributed by atoms with Gasteiger partial charge in [0.25, 0.3) is 11.6 Å². The topological polar surface area (TPSA) is 98.5 Å². The van der Waals surface area contributed by atoms with Gasteiger partial charge >= 0.3 is 5.97 Å². The Morgan fingerprint density at radius 3 is 2.29 bits per heavy atom. The van der Waals surface area contributed by atoms with Crippen LogP contribution in [0.3, 0.4) is 0 Å². The molecule has 0 aliphatic rings. The Balaban J connectivity index is 1.58. The number of ether oxygens (including phenoxy) is 1. The Kier molecular flexibility index (Phi) is 5.76. The fourth-order valence-electron chi connectivity index (χ4n) is 2.46. The number of rotatable bonds is 6. The summed E-state index contributed by atoms with van der Waals surface area (Å²) in [6.45, 7) is -0.0118. The zero-order valence-corrected chi connectivity index (χ0v) is 14.7. The first-order valence-electron chi connectivity index (χ1n) is 8.40. The Bertz CT molecular complexity index is 1000. The zero-order valence-electron chi connectivity index (χ0n) is 14.7. The lowest BCUT2D eigenvalue weighted by molar-refractivity contribution is -0.384. The second-order valence-electron chi connectivity index (χ2n) is 5.90. The number of anilines is 1. The molecule has 0 bridgehead atoms. The summed E-state index contributed by atoms with van der Waals surface area (Å²) < 4.78 is 5.18. The summed E-state index contributed by atoms with van der Waals surface area (Å²) in [6, 6.07) is 21.1. The van der Waals surface area contributed by atoms with Gasteiger partial charge in [-0.15, -0.1) is 0 Å². The van der Waals surface area contributed by atoms with Crippen LogP contribution in [0.4, 0.5) is 11.4 Å². The van der Waals surface area contributed by atoms with E-state index < -0.39 is 10.9 Å². The van der Waals surface area contributed by atoms with Crippen LogP contribution < -0.4 is 5.32 Å². The van der Waals surface area contributed by atoms with E-state index >= 15 is 0 Å². The van der Waals surface area contributed by atoms with E-state index in [1.807, 2.05) is 18.2 Å². The smallest absolute Gasteiger partial charge is 0.338 e. The maximum Gasteiger partial charge on any atom is 0.338 e. The van der Waals surface area contributed by atoms with E-state index in [4.69, 9.17) is 4.74 Å². The van der Waals surface area contributed by atoms with Gasteiger partial charge in [0.15, 0.2) is 0 Å². The molecule has 7 heteroatoms. The number of carbonyl (C=O) groups excluding carboxylic acids is 2. The van der Waals surface area contributed by atoms with Crippen molar-refractivity contribution >= 4 is 23.3 Å². The third-order valence-electron chi connectivity index (χ3n) is 3.91. The second kappa shape index (κ2) is 8.59. The van der Waals surface area contributed by atoms with Gasteiger partial charge in [-0.25, -0.2) is 4.79 Å². The summed E-state index contributed by atoms with van der Waals surface area (Å²) in [5.41, 5.74) is 1.78. The molecule has 0 saturated heterocycles. The molecule has 0 radical (unpaired) electrons. The minimum atomic E-state index is -0.658. The number of benzene rings is 3. The number of esters is 1. The Morgan fingerprint density at radius 2 is 1.61 bits per heavy atom. The minimum absolute atomic E-state index is 0.0118. The summed E-state index contributed by atoms with van der Waals surface area (Å²) >= 11 is 0. The highest BCUT2D eigenvalue weighted by molar-refractivity contribution is 6.04. The van der Waals surface area contributed by atoms with Crippen molar-refractivity contribution in [3.63, 3.8) is 0 Å². The van der Waals surface area contributed by atoms with Crippen molar-refractivity contribution in [2.24, 2.45) is 0 Å². The molecule has 0 unspecified atom stereocenters. The van der Waals surface area contributed by atoms with Gasteiger partial charge in [0.05, 0.1) is 10.5 Å². The SMILES string of the molecule is O=C(Nc1ccccc1)c1ccc(COC(=O)c2cccc([N+](=O)[O-])c2)cc1. The summed E-state index contributed by atoms with van der Waals surface area (Å²) in [5.74, 6) is -0.902. The van der Waals surface area contributed by atoms with Gasteiger partial charge in [-0.2, -0.15) is 0 Å². The summed E-state index contributed by atoms with van der Waals surface area (Å²) in [5, 5.41) is 13.6. The molecule has 3 rings (SSSR count). The number of nitrogens with one attached hydrogen (secondary N) is 1. The van der Waals surface area contributed by atoms with E-state index in [2.05, 4.69) is 5.32 Å². The lowest BCUT2D eigenvalue weighted by Gasteiger charge is -2.07. The first-order chi connectivity index (χ1) is 13.5. The minimum Gasteiger partial charge on any atom is -0.457 e. The number of carbonyl (C=O) groups is 2. The van der Waals surface area contributed by atoms with Crippen molar-refractivity contribution in [1.82, 2.24) is 0 Å². The van der Waals surface area contributed by atoms with Crippen LogP contribution in [0, 0.1) is 10.1 Å². The fourth-order valence-corrected chi connectivity index (χ4v) is 2.46. The van der Waals surface area contributed by atoms with Crippen LogP contribution in [0.15, 0.2) is 78.9 Å². The van der Waals surface area contributed by atoms with Crippen molar-refractivity contribution in [2.75, 3.05) is 5.32 Å².